The summed E-state index contributed by atoms with van der Waals surface area (Å²) in [6, 6.07) is 7.17. The second kappa shape index (κ2) is 4.74. The second-order valence-electron chi connectivity index (χ2n) is 5.66. The van der Waals surface area contributed by atoms with E-state index >= 15 is 0 Å². The van der Waals surface area contributed by atoms with Gasteiger partial charge in [0.1, 0.15) is 0 Å². The van der Waals surface area contributed by atoms with E-state index in [1.165, 1.54) is 28.7 Å². The molecule has 0 bridgehead atoms. The molecule has 1 atom stereocenters. The molecule has 1 aliphatic rings. The van der Waals surface area contributed by atoms with Crippen LogP contribution < -0.4 is 5.32 Å². The van der Waals surface area contributed by atoms with Crippen LogP contribution >= 0.6 is 0 Å². The average Bonchev–Trinajstić information content (AvgIpc) is 2.24. The summed E-state index contributed by atoms with van der Waals surface area (Å²) in [6.07, 6.45) is 3.21. The Bertz CT molecular complexity index is 469. The third-order valence-electron chi connectivity index (χ3n) is 4.34. The van der Waals surface area contributed by atoms with Crippen LogP contribution in [0.5, 0.6) is 0 Å². The van der Waals surface area contributed by atoms with Crippen LogP contribution in [0.15, 0.2) is 12.1 Å². The predicted octanol–water partition coefficient (Wildman–Crippen LogP) is 3.57. The Morgan fingerprint density at radius 3 is 2.11 bits per heavy atom. The van der Waals surface area contributed by atoms with E-state index < -0.39 is 0 Å². The number of rotatable bonds is 3. The molecule has 2 nitrogen and oxygen atoms in total. The summed E-state index contributed by atoms with van der Waals surface area (Å²) in [5.41, 5.74) is 5.02. The summed E-state index contributed by atoms with van der Waals surface area (Å²) in [4.78, 5) is 0. The highest BCUT2D eigenvalue weighted by Gasteiger charge is 2.45. The van der Waals surface area contributed by atoms with Gasteiger partial charge in [-0.25, -0.2) is 0 Å². The maximum absolute atomic E-state index is 9.55. The molecule has 0 amide bonds. The van der Waals surface area contributed by atoms with E-state index in [1.54, 1.807) is 0 Å². The minimum atomic E-state index is -0.195. The first-order valence-corrected chi connectivity index (χ1v) is 6.70. The molecule has 0 aliphatic heterocycles. The molecular formula is C16H22N2. The molecular weight excluding hydrogens is 220 g/mol. The highest BCUT2D eigenvalue weighted by Crippen LogP contribution is 2.50. The summed E-state index contributed by atoms with van der Waals surface area (Å²) in [6.45, 7) is 6.44. The summed E-state index contributed by atoms with van der Waals surface area (Å²) in [5.74, 6) is 0. The van der Waals surface area contributed by atoms with E-state index in [1.807, 2.05) is 7.05 Å². The minimum absolute atomic E-state index is 0.164. The number of benzene rings is 1. The van der Waals surface area contributed by atoms with Crippen molar-refractivity contribution in [1.82, 2.24) is 5.32 Å². The lowest BCUT2D eigenvalue weighted by molar-refractivity contribution is 0.148. The van der Waals surface area contributed by atoms with Crippen molar-refractivity contribution in [2.45, 2.75) is 46.1 Å². The van der Waals surface area contributed by atoms with Crippen LogP contribution in [0.1, 0.15) is 47.6 Å². The van der Waals surface area contributed by atoms with Gasteiger partial charge in [0.25, 0.3) is 0 Å². The van der Waals surface area contributed by atoms with Crippen LogP contribution in [0, 0.1) is 37.5 Å². The Morgan fingerprint density at radius 2 is 1.78 bits per heavy atom. The van der Waals surface area contributed by atoms with Crippen LogP contribution in [-0.4, -0.2) is 7.05 Å². The van der Waals surface area contributed by atoms with E-state index in [0.29, 0.717) is 0 Å². The summed E-state index contributed by atoms with van der Waals surface area (Å²) >= 11 is 0. The molecule has 0 radical (unpaired) electrons. The maximum atomic E-state index is 9.55. The quantitative estimate of drug-likeness (QED) is 0.879. The number of aryl methyl sites for hydroxylation is 3. The van der Waals surface area contributed by atoms with Crippen molar-refractivity contribution in [3.05, 3.63) is 34.4 Å². The third-order valence-corrected chi connectivity index (χ3v) is 4.34. The molecule has 1 fully saturated rings. The molecule has 1 aliphatic carbocycles. The van der Waals surface area contributed by atoms with Gasteiger partial charge in [-0.1, -0.05) is 24.1 Å². The standard InChI is InChI=1S/C16H22N2/c1-11-8-12(2)14(13(3)9-11)15(18-4)16(10-17)6-5-7-16/h8-9,15,18H,5-7H2,1-4H3. The van der Waals surface area contributed by atoms with Crippen LogP contribution in [0.2, 0.25) is 0 Å². The average molecular weight is 242 g/mol. The van der Waals surface area contributed by atoms with Gasteiger partial charge < -0.3 is 5.32 Å². The number of nitriles is 1. The van der Waals surface area contributed by atoms with E-state index in [-0.39, 0.29) is 11.5 Å². The van der Waals surface area contributed by atoms with Crippen LogP contribution in [0.3, 0.4) is 0 Å². The van der Waals surface area contributed by atoms with Crippen LogP contribution in [0.4, 0.5) is 0 Å². The number of nitrogens with zero attached hydrogens (tertiary/aromatic N) is 1. The molecule has 1 saturated carbocycles. The molecule has 18 heavy (non-hydrogen) atoms. The summed E-state index contributed by atoms with van der Waals surface area (Å²) in [5, 5.41) is 12.9. The first-order valence-electron chi connectivity index (χ1n) is 6.70. The molecule has 96 valence electrons. The van der Waals surface area contributed by atoms with Crippen molar-refractivity contribution in [3.8, 4) is 6.07 Å². The molecule has 1 aromatic carbocycles. The Kier molecular flexibility index (Phi) is 3.45. The predicted molar refractivity (Wildman–Crippen MR) is 74.4 cm³/mol. The third kappa shape index (κ3) is 1.93. The van der Waals surface area contributed by atoms with Crippen molar-refractivity contribution in [1.29, 1.82) is 5.26 Å². The van der Waals surface area contributed by atoms with E-state index in [4.69, 9.17) is 0 Å². The largest absolute Gasteiger partial charge is 0.312 e. The van der Waals surface area contributed by atoms with Gasteiger partial charge >= 0.3 is 0 Å². The topological polar surface area (TPSA) is 35.8 Å². The zero-order chi connectivity index (χ0) is 13.3. The SMILES string of the molecule is CNC(c1c(C)cc(C)cc1C)C1(C#N)CCC1. The molecule has 2 heteroatoms. The van der Waals surface area contributed by atoms with Crippen molar-refractivity contribution in [2.75, 3.05) is 7.05 Å². The zero-order valence-corrected chi connectivity index (χ0v) is 11.8. The monoisotopic (exact) mass is 242 g/mol. The van der Waals surface area contributed by atoms with Gasteiger partial charge in [-0.15, -0.1) is 0 Å². The molecule has 0 heterocycles. The zero-order valence-electron chi connectivity index (χ0n) is 11.8. The van der Waals surface area contributed by atoms with Gasteiger partial charge in [0.15, 0.2) is 0 Å². The summed E-state index contributed by atoms with van der Waals surface area (Å²) in [7, 11) is 1.97. The lowest BCUT2D eigenvalue weighted by atomic mass is 9.62. The van der Waals surface area contributed by atoms with Gasteiger partial charge in [0, 0.05) is 0 Å². The van der Waals surface area contributed by atoms with E-state index in [0.717, 1.165) is 12.8 Å². The molecule has 0 saturated heterocycles. The Labute approximate surface area is 110 Å². The molecule has 0 aromatic heterocycles. The summed E-state index contributed by atoms with van der Waals surface area (Å²) < 4.78 is 0. The fourth-order valence-electron chi connectivity index (χ4n) is 3.37. The van der Waals surface area contributed by atoms with Gasteiger partial charge in [0.2, 0.25) is 0 Å². The van der Waals surface area contributed by atoms with Crippen molar-refractivity contribution < 1.29 is 0 Å². The highest BCUT2D eigenvalue weighted by molar-refractivity contribution is 5.42. The number of nitrogens with one attached hydrogen (secondary N) is 1. The minimum Gasteiger partial charge on any atom is -0.312 e. The molecule has 1 unspecified atom stereocenters. The van der Waals surface area contributed by atoms with E-state index in [9.17, 15) is 5.26 Å². The van der Waals surface area contributed by atoms with Gasteiger partial charge in [0.05, 0.1) is 17.5 Å². The Morgan fingerprint density at radius 1 is 1.22 bits per heavy atom. The van der Waals surface area contributed by atoms with Crippen LogP contribution in [0.25, 0.3) is 0 Å². The lowest BCUT2D eigenvalue weighted by Crippen LogP contribution is -2.41. The highest BCUT2D eigenvalue weighted by atomic mass is 14.9. The van der Waals surface area contributed by atoms with Crippen molar-refractivity contribution in [3.63, 3.8) is 0 Å². The first kappa shape index (κ1) is 13.1. The molecule has 1 N–H and O–H groups in total. The first-order chi connectivity index (χ1) is 8.54. The fraction of sp³-hybridized carbons (Fsp3) is 0.562. The number of hydrogen-bond acceptors (Lipinski definition) is 2. The van der Waals surface area contributed by atoms with Gasteiger partial charge in [-0.2, -0.15) is 5.26 Å². The van der Waals surface area contributed by atoms with Gasteiger partial charge in [-0.3, -0.25) is 0 Å². The normalized spacial score (nSPS) is 18.8. The van der Waals surface area contributed by atoms with E-state index in [2.05, 4.69) is 44.3 Å². The number of hydrogen-bond donors (Lipinski definition) is 1. The van der Waals surface area contributed by atoms with Crippen LogP contribution in [-0.2, 0) is 0 Å². The second-order valence-corrected chi connectivity index (χ2v) is 5.66. The Hall–Kier alpha value is -1.33. The molecule has 1 aromatic rings. The van der Waals surface area contributed by atoms with Crippen molar-refractivity contribution in [2.24, 2.45) is 5.41 Å². The Balaban J connectivity index is 2.49. The molecule has 0 spiro atoms. The molecule has 2 rings (SSSR count). The van der Waals surface area contributed by atoms with Crippen molar-refractivity contribution >= 4 is 0 Å². The smallest absolute Gasteiger partial charge is 0.0768 e. The lowest BCUT2D eigenvalue weighted by Gasteiger charge is -2.43. The van der Waals surface area contributed by atoms with Gasteiger partial charge in [-0.05, 0) is 57.4 Å². The fourth-order valence-corrected chi connectivity index (χ4v) is 3.37. The maximum Gasteiger partial charge on any atom is 0.0768 e.